The summed E-state index contributed by atoms with van der Waals surface area (Å²) in [4.78, 5) is 8.08. The third kappa shape index (κ3) is 2.77. The molecule has 4 heteroatoms. The molecule has 0 spiro atoms. The highest BCUT2D eigenvalue weighted by Gasteiger charge is 2.19. The number of nitrogens with zero attached hydrogens (tertiary/aromatic N) is 2. The van der Waals surface area contributed by atoms with Crippen molar-refractivity contribution in [1.82, 2.24) is 9.97 Å². The summed E-state index contributed by atoms with van der Waals surface area (Å²) in [5.41, 5.74) is 6.71. The predicted octanol–water partition coefficient (Wildman–Crippen LogP) is 3.15. The molecule has 4 nitrogen and oxygen atoms in total. The van der Waals surface area contributed by atoms with E-state index in [-0.39, 0.29) is 11.4 Å². The zero-order valence-electron chi connectivity index (χ0n) is 10.8. The van der Waals surface area contributed by atoms with Crippen LogP contribution in [-0.4, -0.2) is 9.97 Å². The summed E-state index contributed by atoms with van der Waals surface area (Å²) in [6, 6.07) is 9.77. The van der Waals surface area contributed by atoms with Gasteiger partial charge in [0.15, 0.2) is 0 Å². The van der Waals surface area contributed by atoms with E-state index in [2.05, 4.69) is 30.7 Å². The Morgan fingerprint density at radius 3 is 2.50 bits per heavy atom. The van der Waals surface area contributed by atoms with E-state index in [1.807, 2.05) is 24.3 Å². The number of hydrogen-bond acceptors (Lipinski definition) is 4. The highest BCUT2D eigenvalue weighted by Crippen LogP contribution is 2.32. The zero-order chi connectivity index (χ0) is 13.2. The van der Waals surface area contributed by atoms with Crippen molar-refractivity contribution in [2.24, 2.45) is 0 Å². The lowest BCUT2D eigenvalue weighted by Gasteiger charge is -2.21. The van der Waals surface area contributed by atoms with Crippen LogP contribution in [0.5, 0.6) is 11.8 Å². The van der Waals surface area contributed by atoms with E-state index in [0.29, 0.717) is 5.82 Å². The van der Waals surface area contributed by atoms with Crippen LogP contribution in [0.4, 0.5) is 5.82 Å². The molecule has 2 N–H and O–H groups in total. The molecule has 18 heavy (non-hydrogen) atoms. The van der Waals surface area contributed by atoms with Gasteiger partial charge in [0.25, 0.3) is 0 Å². The molecule has 0 saturated heterocycles. The maximum atomic E-state index is 5.71. The fraction of sp³-hybridized carbons (Fsp3) is 0.286. The summed E-state index contributed by atoms with van der Waals surface area (Å²) in [7, 11) is 0. The second-order valence-electron chi connectivity index (χ2n) is 5.11. The SMILES string of the molecule is CC(C)(C)c1ccccc1Oc1nccc(N)n1. The smallest absolute Gasteiger partial charge is 0.323 e. The molecule has 0 radical (unpaired) electrons. The predicted molar refractivity (Wildman–Crippen MR) is 71.7 cm³/mol. The van der Waals surface area contributed by atoms with E-state index in [0.717, 1.165) is 11.3 Å². The minimum absolute atomic E-state index is 0.00306. The second-order valence-corrected chi connectivity index (χ2v) is 5.11. The summed E-state index contributed by atoms with van der Waals surface area (Å²) in [5.74, 6) is 1.16. The normalized spacial score (nSPS) is 11.3. The Morgan fingerprint density at radius 1 is 1.11 bits per heavy atom. The average molecular weight is 243 g/mol. The van der Waals surface area contributed by atoms with Crippen LogP contribution in [0.3, 0.4) is 0 Å². The minimum atomic E-state index is -0.00306. The van der Waals surface area contributed by atoms with Gasteiger partial charge in [-0.15, -0.1) is 0 Å². The molecule has 1 heterocycles. The second kappa shape index (κ2) is 4.64. The van der Waals surface area contributed by atoms with Crippen molar-refractivity contribution in [2.45, 2.75) is 26.2 Å². The van der Waals surface area contributed by atoms with Crippen molar-refractivity contribution >= 4 is 5.82 Å². The van der Waals surface area contributed by atoms with Gasteiger partial charge in [-0.2, -0.15) is 4.98 Å². The topological polar surface area (TPSA) is 61.0 Å². The number of aromatic nitrogens is 2. The zero-order valence-corrected chi connectivity index (χ0v) is 10.8. The van der Waals surface area contributed by atoms with Crippen molar-refractivity contribution in [2.75, 3.05) is 5.73 Å². The van der Waals surface area contributed by atoms with E-state index in [1.54, 1.807) is 12.3 Å². The van der Waals surface area contributed by atoms with Crippen LogP contribution in [-0.2, 0) is 5.41 Å². The number of anilines is 1. The molecule has 94 valence electrons. The molecule has 0 atom stereocenters. The molecule has 0 aliphatic rings. The number of benzene rings is 1. The van der Waals surface area contributed by atoms with Gasteiger partial charge in [-0.05, 0) is 17.5 Å². The van der Waals surface area contributed by atoms with Gasteiger partial charge in [0.05, 0.1) is 0 Å². The first-order chi connectivity index (χ1) is 8.47. The summed E-state index contributed by atoms with van der Waals surface area (Å²) in [6.07, 6.45) is 1.58. The molecule has 1 aromatic carbocycles. The Labute approximate surface area is 107 Å². The van der Waals surface area contributed by atoms with Gasteiger partial charge in [-0.3, -0.25) is 0 Å². The quantitative estimate of drug-likeness (QED) is 0.880. The highest BCUT2D eigenvalue weighted by molar-refractivity contribution is 5.40. The van der Waals surface area contributed by atoms with E-state index in [1.165, 1.54) is 0 Å². The molecule has 0 amide bonds. The van der Waals surface area contributed by atoms with Gasteiger partial charge in [-0.25, -0.2) is 4.98 Å². The third-order valence-corrected chi connectivity index (χ3v) is 2.55. The van der Waals surface area contributed by atoms with Crippen LogP contribution in [0.15, 0.2) is 36.5 Å². The van der Waals surface area contributed by atoms with Crippen LogP contribution < -0.4 is 10.5 Å². The van der Waals surface area contributed by atoms with Gasteiger partial charge in [0, 0.05) is 11.8 Å². The first-order valence-electron chi connectivity index (χ1n) is 5.83. The number of hydrogen-bond donors (Lipinski definition) is 1. The van der Waals surface area contributed by atoms with E-state index < -0.39 is 0 Å². The third-order valence-electron chi connectivity index (χ3n) is 2.55. The lowest BCUT2D eigenvalue weighted by atomic mass is 9.86. The Bertz CT molecular complexity index is 547. The standard InChI is InChI=1S/C14H17N3O/c1-14(2,3)10-6-4-5-7-11(10)18-13-16-9-8-12(15)17-13/h4-9H,1-3H3,(H2,15,16,17). The van der Waals surface area contributed by atoms with Gasteiger partial charge in [0.1, 0.15) is 11.6 Å². The number of nitrogen functional groups attached to an aromatic ring is 1. The van der Waals surface area contributed by atoms with Crippen LogP contribution in [0.1, 0.15) is 26.3 Å². The maximum absolute atomic E-state index is 5.71. The fourth-order valence-corrected chi connectivity index (χ4v) is 1.68. The number of rotatable bonds is 2. The Hall–Kier alpha value is -2.10. The van der Waals surface area contributed by atoms with Gasteiger partial charge < -0.3 is 10.5 Å². The minimum Gasteiger partial charge on any atom is -0.424 e. The molecule has 0 saturated carbocycles. The van der Waals surface area contributed by atoms with E-state index in [4.69, 9.17) is 10.5 Å². The average Bonchev–Trinajstić information content (AvgIpc) is 2.28. The molecule has 0 aliphatic heterocycles. The van der Waals surface area contributed by atoms with Gasteiger partial charge in [0.2, 0.25) is 0 Å². The molecule has 0 bridgehead atoms. The summed E-state index contributed by atoms with van der Waals surface area (Å²) < 4.78 is 5.71. The molecule has 1 aromatic heterocycles. The molecule has 0 fully saturated rings. The van der Waals surface area contributed by atoms with Crippen LogP contribution in [0, 0.1) is 0 Å². The Balaban J connectivity index is 2.35. The van der Waals surface area contributed by atoms with Crippen LogP contribution in [0.25, 0.3) is 0 Å². The van der Waals surface area contributed by atoms with Crippen molar-refractivity contribution in [1.29, 1.82) is 0 Å². The highest BCUT2D eigenvalue weighted by atomic mass is 16.5. The van der Waals surface area contributed by atoms with Gasteiger partial charge in [-0.1, -0.05) is 39.0 Å². The summed E-state index contributed by atoms with van der Waals surface area (Å²) >= 11 is 0. The monoisotopic (exact) mass is 243 g/mol. The summed E-state index contributed by atoms with van der Waals surface area (Å²) in [5, 5.41) is 0. The Kier molecular flexibility index (Phi) is 3.19. The van der Waals surface area contributed by atoms with Crippen LogP contribution >= 0.6 is 0 Å². The van der Waals surface area contributed by atoms with Crippen molar-refractivity contribution in [3.05, 3.63) is 42.1 Å². The van der Waals surface area contributed by atoms with Crippen LogP contribution in [0.2, 0.25) is 0 Å². The number of nitrogens with two attached hydrogens (primary N) is 1. The van der Waals surface area contributed by atoms with Crippen molar-refractivity contribution < 1.29 is 4.74 Å². The molecule has 2 rings (SSSR count). The summed E-state index contributed by atoms with van der Waals surface area (Å²) in [6.45, 7) is 6.40. The molecular weight excluding hydrogens is 226 g/mol. The Morgan fingerprint density at radius 2 is 1.83 bits per heavy atom. The number of para-hydroxylation sites is 1. The first-order valence-corrected chi connectivity index (χ1v) is 5.83. The van der Waals surface area contributed by atoms with Gasteiger partial charge >= 0.3 is 6.01 Å². The lowest BCUT2D eigenvalue weighted by molar-refractivity contribution is 0.423. The van der Waals surface area contributed by atoms with E-state index >= 15 is 0 Å². The lowest BCUT2D eigenvalue weighted by Crippen LogP contribution is -2.12. The maximum Gasteiger partial charge on any atom is 0.323 e. The molecule has 0 unspecified atom stereocenters. The molecule has 2 aromatic rings. The molecular formula is C14H17N3O. The van der Waals surface area contributed by atoms with Crippen molar-refractivity contribution in [3.63, 3.8) is 0 Å². The first kappa shape index (κ1) is 12.4. The molecule has 0 aliphatic carbocycles. The fourth-order valence-electron chi connectivity index (χ4n) is 1.68. The van der Waals surface area contributed by atoms with E-state index in [9.17, 15) is 0 Å². The number of ether oxygens (including phenoxy) is 1. The largest absolute Gasteiger partial charge is 0.424 e. The van der Waals surface area contributed by atoms with Crippen molar-refractivity contribution in [3.8, 4) is 11.8 Å².